The minimum Gasteiger partial charge on any atom is -0.454 e. The summed E-state index contributed by atoms with van der Waals surface area (Å²) >= 11 is 0. The molecule has 0 unspecified atom stereocenters. The van der Waals surface area contributed by atoms with Gasteiger partial charge in [0.25, 0.3) is 0 Å². The average molecular weight is 593 g/mol. The summed E-state index contributed by atoms with van der Waals surface area (Å²) in [6.45, 7) is 28.7. The Morgan fingerprint density at radius 1 is 1.10 bits per heavy atom. The van der Waals surface area contributed by atoms with E-state index >= 15 is 0 Å². The highest BCUT2D eigenvalue weighted by atomic mass is 28.4. The molecule has 2 heterocycles. The SMILES string of the molecule is C#C[C@H](C[C@H]1OC(C)(C)O[C@@]1(C=C[C@@H]1OC(=O)C=C[C@@H]1CC)CCO[Si](C)(C)C(C)(C)C)O[Si](C)(C)C(C)(C)C. The second-order valence-electron chi connectivity index (χ2n) is 14.9. The predicted molar refractivity (Wildman–Crippen MR) is 168 cm³/mol. The molecule has 0 saturated carbocycles. The van der Waals surface area contributed by atoms with E-state index < -0.39 is 34.1 Å². The van der Waals surface area contributed by atoms with Crippen LogP contribution in [0.15, 0.2) is 24.3 Å². The van der Waals surface area contributed by atoms with Crippen molar-refractivity contribution in [3.63, 3.8) is 0 Å². The van der Waals surface area contributed by atoms with E-state index in [4.69, 9.17) is 29.5 Å². The van der Waals surface area contributed by atoms with Gasteiger partial charge in [-0.2, -0.15) is 0 Å². The van der Waals surface area contributed by atoms with Crippen molar-refractivity contribution in [3.05, 3.63) is 24.3 Å². The maximum atomic E-state index is 12.1. The van der Waals surface area contributed by atoms with Crippen LogP contribution < -0.4 is 0 Å². The third-order valence-electron chi connectivity index (χ3n) is 9.22. The Morgan fingerprint density at radius 3 is 2.23 bits per heavy atom. The van der Waals surface area contributed by atoms with E-state index in [1.807, 2.05) is 32.1 Å². The molecule has 0 bridgehead atoms. The van der Waals surface area contributed by atoms with E-state index in [1.54, 1.807) is 0 Å². The number of hydrogen-bond donors (Lipinski definition) is 0. The van der Waals surface area contributed by atoms with Gasteiger partial charge in [0.2, 0.25) is 0 Å². The standard InChI is InChI=1S/C32H56O6Si2/c1-15-24-17-18-28(33)35-26(24)19-20-32(21-22-34-39(11,12)29(3,4)5)27(36-31(9,10)38-32)23-25(16-2)37-40(13,14)30(6,7)8/h2,17-20,24-27H,15,21-23H2,1,3-14H3/t24-,25+,26-,27+,32-/m0/s1. The monoisotopic (exact) mass is 592 g/mol. The van der Waals surface area contributed by atoms with Crippen LogP contribution in [0.5, 0.6) is 0 Å². The zero-order valence-electron chi connectivity index (χ0n) is 27.5. The molecule has 0 spiro atoms. The molecule has 2 rings (SSSR count). The van der Waals surface area contributed by atoms with Crippen LogP contribution in [0.1, 0.15) is 81.6 Å². The molecular formula is C32H56O6Si2. The molecule has 2 aliphatic rings. The summed E-state index contributed by atoms with van der Waals surface area (Å²) in [6, 6.07) is 0. The van der Waals surface area contributed by atoms with Gasteiger partial charge in [0.15, 0.2) is 22.4 Å². The van der Waals surface area contributed by atoms with E-state index in [1.165, 1.54) is 6.08 Å². The first-order valence-electron chi connectivity index (χ1n) is 14.8. The highest BCUT2D eigenvalue weighted by molar-refractivity contribution is 6.74. The van der Waals surface area contributed by atoms with Crippen LogP contribution >= 0.6 is 0 Å². The molecule has 0 amide bonds. The van der Waals surface area contributed by atoms with Crippen molar-refractivity contribution in [2.24, 2.45) is 5.92 Å². The van der Waals surface area contributed by atoms with Crippen molar-refractivity contribution in [1.29, 1.82) is 0 Å². The number of rotatable bonds is 11. The van der Waals surface area contributed by atoms with Crippen molar-refractivity contribution in [2.45, 2.75) is 148 Å². The molecule has 0 aromatic rings. The number of ether oxygens (including phenoxy) is 3. The second kappa shape index (κ2) is 12.6. The van der Waals surface area contributed by atoms with Gasteiger partial charge in [0.1, 0.15) is 17.8 Å². The molecule has 8 heteroatoms. The Kier molecular flexibility index (Phi) is 11.0. The Labute approximate surface area is 246 Å². The summed E-state index contributed by atoms with van der Waals surface area (Å²) in [5.41, 5.74) is -0.830. The molecule has 1 saturated heterocycles. The average Bonchev–Trinajstić information content (AvgIpc) is 3.04. The predicted octanol–water partition coefficient (Wildman–Crippen LogP) is 7.77. The molecule has 0 aromatic heterocycles. The summed E-state index contributed by atoms with van der Waals surface area (Å²) in [6.07, 6.45) is 14.3. The quantitative estimate of drug-likeness (QED) is 0.106. The first kappa shape index (κ1) is 35.0. The molecule has 5 atom stereocenters. The highest BCUT2D eigenvalue weighted by Crippen LogP contribution is 2.45. The Balaban J connectivity index is 2.45. The molecule has 0 aromatic carbocycles. The van der Waals surface area contributed by atoms with Crippen molar-refractivity contribution < 1.29 is 27.9 Å². The van der Waals surface area contributed by atoms with Gasteiger partial charge in [-0.05, 0) is 62.6 Å². The van der Waals surface area contributed by atoms with Gasteiger partial charge < -0.3 is 23.1 Å². The van der Waals surface area contributed by atoms with Gasteiger partial charge in [0.05, 0.1) is 6.10 Å². The van der Waals surface area contributed by atoms with Crippen LogP contribution in [0.3, 0.4) is 0 Å². The molecule has 228 valence electrons. The molecular weight excluding hydrogens is 537 g/mol. The highest BCUT2D eigenvalue weighted by Gasteiger charge is 2.53. The summed E-state index contributed by atoms with van der Waals surface area (Å²) < 4.78 is 32.3. The summed E-state index contributed by atoms with van der Waals surface area (Å²) in [4.78, 5) is 12.1. The van der Waals surface area contributed by atoms with Crippen LogP contribution in [0.25, 0.3) is 0 Å². The van der Waals surface area contributed by atoms with E-state index in [9.17, 15) is 4.79 Å². The van der Waals surface area contributed by atoms with Crippen molar-refractivity contribution in [3.8, 4) is 12.3 Å². The fourth-order valence-electron chi connectivity index (χ4n) is 4.61. The van der Waals surface area contributed by atoms with Crippen molar-refractivity contribution >= 4 is 22.6 Å². The van der Waals surface area contributed by atoms with Gasteiger partial charge in [-0.15, -0.1) is 6.42 Å². The van der Waals surface area contributed by atoms with Crippen LogP contribution in [0.2, 0.25) is 36.3 Å². The van der Waals surface area contributed by atoms with Crippen molar-refractivity contribution in [1.82, 2.24) is 0 Å². The van der Waals surface area contributed by atoms with E-state index in [2.05, 4.69) is 80.6 Å². The lowest BCUT2D eigenvalue weighted by molar-refractivity contribution is -0.158. The molecule has 40 heavy (non-hydrogen) atoms. The largest absolute Gasteiger partial charge is 0.454 e. The third kappa shape index (κ3) is 8.65. The number of cyclic esters (lactones) is 1. The number of esters is 1. The van der Waals surface area contributed by atoms with Crippen LogP contribution in [0.4, 0.5) is 0 Å². The number of hydrogen-bond acceptors (Lipinski definition) is 6. The van der Waals surface area contributed by atoms with Gasteiger partial charge >= 0.3 is 5.97 Å². The zero-order valence-corrected chi connectivity index (χ0v) is 29.5. The fourth-order valence-corrected chi connectivity index (χ4v) is 6.89. The topological polar surface area (TPSA) is 63.2 Å². The van der Waals surface area contributed by atoms with Crippen LogP contribution in [-0.2, 0) is 27.9 Å². The molecule has 1 fully saturated rings. The molecule has 0 N–H and O–H groups in total. The van der Waals surface area contributed by atoms with E-state index in [-0.39, 0.29) is 34.2 Å². The molecule has 2 aliphatic heterocycles. The first-order valence-corrected chi connectivity index (χ1v) is 20.6. The van der Waals surface area contributed by atoms with Gasteiger partial charge in [-0.3, -0.25) is 0 Å². The van der Waals surface area contributed by atoms with Crippen LogP contribution in [-0.4, -0.2) is 58.9 Å². The lowest BCUT2D eigenvalue weighted by Gasteiger charge is -2.40. The van der Waals surface area contributed by atoms with Gasteiger partial charge in [-0.1, -0.05) is 66.5 Å². The molecule has 0 aliphatic carbocycles. The minimum absolute atomic E-state index is 0.0238. The Bertz CT molecular complexity index is 979. The van der Waals surface area contributed by atoms with Gasteiger partial charge in [0, 0.05) is 31.4 Å². The minimum atomic E-state index is -2.12. The molecule has 6 nitrogen and oxygen atoms in total. The zero-order chi connectivity index (χ0) is 30.8. The van der Waals surface area contributed by atoms with E-state index in [0.717, 1.165) is 6.42 Å². The number of terminal acetylenes is 1. The van der Waals surface area contributed by atoms with Crippen molar-refractivity contribution in [2.75, 3.05) is 6.61 Å². The maximum Gasteiger partial charge on any atom is 0.331 e. The first-order chi connectivity index (χ1) is 18.1. The van der Waals surface area contributed by atoms with Crippen LogP contribution in [0, 0.1) is 18.3 Å². The number of carbonyl (C=O) groups excluding carboxylic acids is 1. The second-order valence-corrected chi connectivity index (χ2v) is 24.4. The summed E-state index contributed by atoms with van der Waals surface area (Å²) in [7, 11) is -4.11. The summed E-state index contributed by atoms with van der Waals surface area (Å²) in [5.74, 6) is 1.83. The maximum absolute atomic E-state index is 12.1. The smallest absolute Gasteiger partial charge is 0.331 e. The van der Waals surface area contributed by atoms with Gasteiger partial charge in [-0.25, -0.2) is 4.79 Å². The Morgan fingerprint density at radius 2 is 1.70 bits per heavy atom. The lowest BCUT2D eigenvalue weighted by Crippen LogP contribution is -2.47. The normalized spacial score (nSPS) is 28.5. The number of carbonyl (C=O) groups is 1. The third-order valence-corrected chi connectivity index (χ3v) is 18.2. The summed E-state index contributed by atoms with van der Waals surface area (Å²) in [5, 5.41) is 0.111. The lowest BCUT2D eigenvalue weighted by atomic mass is 9.87. The Hall–Kier alpha value is -1.22. The van der Waals surface area contributed by atoms with E-state index in [0.29, 0.717) is 19.4 Å². The molecule has 0 radical (unpaired) electrons. The fraction of sp³-hybridized carbons (Fsp3) is 0.781.